The monoisotopic (exact) mass is 325 g/mol. The predicted octanol–water partition coefficient (Wildman–Crippen LogP) is 3.38. The van der Waals surface area contributed by atoms with Crippen molar-refractivity contribution in [2.24, 2.45) is 0 Å². The van der Waals surface area contributed by atoms with E-state index in [0.29, 0.717) is 10.5 Å². The SMILES string of the molecule is O=C1NC(=O)/C(=C/c2ccc(-c3ccccc3C(=O)O)cc2)S1. The average molecular weight is 325 g/mol. The predicted molar refractivity (Wildman–Crippen MR) is 87.9 cm³/mol. The zero-order chi connectivity index (χ0) is 16.4. The topological polar surface area (TPSA) is 83.5 Å². The largest absolute Gasteiger partial charge is 0.478 e. The highest BCUT2D eigenvalue weighted by atomic mass is 32.2. The lowest BCUT2D eigenvalue weighted by Crippen LogP contribution is -2.17. The van der Waals surface area contributed by atoms with E-state index >= 15 is 0 Å². The Bertz CT molecular complexity index is 840. The highest BCUT2D eigenvalue weighted by Gasteiger charge is 2.24. The van der Waals surface area contributed by atoms with E-state index in [0.717, 1.165) is 22.9 Å². The van der Waals surface area contributed by atoms with Gasteiger partial charge >= 0.3 is 5.97 Å². The van der Waals surface area contributed by atoms with E-state index in [9.17, 15) is 19.5 Å². The van der Waals surface area contributed by atoms with Crippen LogP contribution in [0.25, 0.3) is 17.2 Å². The van der Waals surface area contributed by atoms with Gasteiger partial charge in [0.15, 0.2) is 0 Å². The van der Waals surface area contributed by atoms with Crippen molar-refractivity contribution in [3.63, 3.8) is 0 Å². The van der Waals surface area contributed by atoms with E-state index in [1.54, 1.807) is 54.6 Å². The zero-order valence-electron chi connectivity index (χ0n) is 11.8. The molecule has 114 valence electrons. The summed E-state index contributed by atoms with van der Waals surface area (Å²) in [6, 6.07) is 13.9. The van der Waals surface area contributed by atoms with Gasteiger partial charge in [0.05, 0.1) is 10.5 Å². The van der Waals surface area contributed by atoms with Gasteiger partial charge in [0.25, 0.3) is 11.1 Å². The Labute approximate surface area is 136 Å². The van der Waals surface area contributed by atoms with Gasteiger partial charge in [0, 0.05) is 0 Å². The van der Waals surface area contributed by atoms with Crippen LogP contribution in [0.3, 0.4) is 0 Å². The molecule has 0 bridgehead atoms. The average Bonchev–Trinajstić information content (AvgIpc) is 2.85. The second kappa shape index (κ2) is 6.10. The minimum Gasteiger partial charge on any atom is -0.478 e. The number of aromatic carboxylic acids is 1. The highest BCUT2D eigenvalue weighted by molar-refractivity contribution is 8.18. The number of nitrogens with one attached hydrogen (secondary N) is 1. The summed E-state index contributed by atoms with van der Waals surface area (Å²) in [6.07, 6.45) is 1.62. The molecule has 2 aromatic carbocycles. The zero-order valence-corrected chi connectivity index (χ0v) is 12.6. The van der Waals surface area contributed by atoms with Gasteiger partial charge in [-0.1, -0.05) is 42.5 Å². The molecule has 0 aliphatic carbocycles. The fraction of sp³-hybridized carbons (Fsp3) is 0. The molecular formula is C17H11NO4S. The van der Waals surface area contributed by atoms with Crippen LogP contribution in [0.5, 0.6) is 0 Å². The Morgan fingerprint density at radius 1 is 1.04 bits per heavy atom. The number of hydrogen-bond acceptors (Lipinski definition) is 4. The van der Waals surface area contributed by atoms with Crippen molar-refractivity contribution in [2.45, 2.75) is 0 Å². The first-order valence-corrected chi connectivity index (χ1v) is 7.54. The van der Waals surface area contributed by atoms with Crippen molar-refractivity contribution in [1.82, 2.24) is 5.32 Å². The molecule has 3 rings (SSSR count). The Morgan fingerprint density at radius 3 is 2.35 bits per heavy atom. The highest BCUT2D eigenvalue weighted by Crippen LogP contribution is 2.28. The summed E-state index contributed by atoms with van der Waals surface area (Å²) < 4.78 is 0. The minimum absolute atomic E-state index is 0.231. The smallest absolute Gasteiger partial charge is 0.336 e. The van der Waals surface area contributed by atoms with Crippen LogP contribution < -0.4 is 5.32 Å². The summed E-state index contributed by atoms with van der Waals surface area (Å²) in [4.78, 5) is 34.3. The molecule has 0 radical (unpaired) electrons. The Balaban J connectivity index is 1.92. The maximum Gasteiger partial charge on any atom is 0.336 e. The molecule has 0 saturated carbocycles. The van der Waals surface area contributed by atoms with E-state index in [1.165, 1.54) is 0 Å². The molecular weight excluding hydrogens is 314 g/mol. The van der Waals surface area contributed by atoms with Gasteiger partial charge in [-0.2, -0.15) is 0 Å². The lowest BCUT2D eigenvalue weighted by Gasteiger charge is -2.06. The van der Waals surface area contributed by atoms with E-state index in [1.807, 2.05) is 0 Å². The van der Waals surface area contributed by atoms with Crippen molar-refractivity contribution >= 4 is 35.0 Å². The Kier molecular flexibility index (Phi) is 3.99. The second-order valence-electron chi connectivity index (χ2n) is 4.82. The quantitative estimate of drug-likeness (QED) is 0.845. The fourth-order valence-electron chi connectivity index (χ4n) is 2.25. The van der Waals surface area contributed by atoms with Crippen molar-refractivity contribution in [1.29, 1.82) is 0 Å². The number of carboxylic acid groups (broad SMARTS) is 1. The van der Waals surface area contributed by atoms with Crippen molar-refractivity contribution in [3.05, 3.63) is 64.6 Å². The van der Waals surface area contributed by atoms with Crippen LogP contribution in [-0.4, -0.2) is 22.2 Å². The first kappa shape index (κ1) is 15.1. The minimum atomic E-state index is -0.982. The summed E-state index contributed by atoms with van der Waals surface area (Å²) in [5, 5.41) is 11.1. The summed E-state index contributed by atoms with van der Waals surface area (Å²) >= 11 is 0.859. The van der Waals surface area contributed by atoms with Gasteiger partial charge in [0.2, 0.25) is 0 Å². The summed E-state index contributed by atoms with van der Waals surface area (Å²) in [5.74, 6) is -1.38. The summed E-state index contributed by atoms with van der Waals surface area (Å²) in [6.45, 7) is 0. The third-order valence-corrected chi connectivity index (χ3v) is 4.13. The Hall–Kier alpha value is -2.86. The number of amides is 2. The molecule has 1 heterocycles. The summed E-state index contributed by atoms with van der Waals surface area (Å²) in [5.41, 5.74) is 2.39. The molecule has 0 atom stereocenters. The van der Waals surface area contributed by atoms with Crippen LogP contribution in [0.15, 0.2) is 53.4 Å². The van der Waals surface area contributed by atoms with Crippen LogP contribution in [0, 0.1) is 0 Å². The van der Waals surface area contributed by atoms with Gasteiger partial charge in [-0.3, -0.25) is 14.9 Å². The van der Waals surface area contributed by atoms with Gasteiger partial charge in [-0.05, 0) is 40.6 Å². The molecule has 1 saturated heterocycles. The first-order chi connectivity index (χ1) is 11.0. The second-order valence-corrected chi connectivity index (χ2v) is 5.84. The van der Waals surface area contributed by atoms with Crippen LogP contribution in [-0.2, 0) is 4.79 Å². The molecule has 2 aromatic rings. The third kappa shape index (κ3) is 3.17. The molecule has 0 unspecified atom stereocenters. The number of carbonyl (C=O) groups excluding carboxylic acids is 2. The number of hydrogen-bond donors (Lipinski definition) is 2. The Morgan fingerprint density at radius 2 is 1.74 bits per heavy atom. The van der Waals surface area contributed by atoms with Gasteiger partial charge in [0.1, 0.15) is 0 Å². The normalized spacial score (nSPS) is 15.7. The molecule has 1 aliphatic rings. The number of benzene rings is 2. The number of carbonyl (C=O) groups is 3. The molecule has 0 aromatic heterocycles. The summed E-state index contributed by atoms with van der Waals surface area (Å²) in [7, 11) is 0. The number of carboxylic acids is 1. The lowest BCUT2D eigenvalue weighted by atomic mass is 9.98. The molecule has 23 heavy (non-hydrogen) atoms. The third-order valence-electron chi connectivity index (χ3n) is 3.32. The van der Waals surface area contributed by atoms with Crippen molar-refractivity contribution in [2.75, 3.05) is 0 Å². The van der Waals surface area contributed by atoms with Crippen molar-refractivity contribution < 1.29 is 19.5 Å². The van der Waals surface area contributed by atoms with E-state index < -0.39 is 11.9 Å². The molecule has 0 spiro atoms. The molecule has 1 fully saturated rings. The fourth-order valence-corrected chi connectivity index (χ4v) is 2.93. The van der Waals surface area contributed by atoms with E-state index in [-0.39, 0.29) is 10.8 Å². The van der Waals surface area contributed by atoms with Crippen LogP contribution in [0.4, 0.5) is 4.79 Å². The molecule has 6 heteroatoms. The first-order valence-electron chi connectivity index (χ1n) is 6.72. The van der Waals surface area contributed by atoms with Gasteiger partial charge < -0.3 is 5.11 Å². The van der Waals surface area contributed by atoms with Crippen LogP contribution in [0.1, 0.15) is 15.9 Å². The van der Waals surface area contributed by atoms with E-state index in [4.69, 9.17) is 0 Å². The van der Waals surface area contributed by atoms with Crippen LogP contribution in [0.2, 0.25) is 0 Å². The van der Waals surface area contributed by atoms with Gasteiger partial charge in [-0.25, -0.2) is 4.79 Å². The number of thioether (sulfide) groups is 1. The van der Waals surface area contributed by atoms with Crippen LogP contribution >= 0.6 is 11.8 Å². The number of imide groups is 1. The molecule has 2 amide bonds. The lowest BCUT2D eigenvalue weighted by molar-refractivity contribution is -0.115. The molecule has 1 aliphatic heterocycles. The van der Waals surface area contributed by atoms with Crippen molar-refractivity contribution in [3.8, 4) is 11.1 Å². The standard InChI is InChI=1S/C17H11NO4S/c19-15-14(23-17(22)18-15)9-10-5-7-11(8-6-10)12-3-1-2-4-13(12)16(20)21/h1-9H,(H,20,21)(H,18,19,22)/b14-9-. The van der Waals surface area contributed by atoms with E-state index in [2.05, 4.69) is 5.32 Å². The number of rotatable bonds is 3. The maximum atomic E-state index is 11.5. The molecule has 2 N–H and O–H groups in total. The molecule has 5 nitrogen and oxygen atoms in total. The maximum absolute atomic E-state index is 11.5. The van der Waals surface area contributed by atoms with Gasteiger partial charge in [-0.15, -0.1) is 0 Å².